The van der Waals surface area contributed by atoms with Gasteiger partial charge in [0, 0.05) is 22.2 Å². The minimum atomic E-state index is -0.928. The normalized spacial score (nSPS) is 10.9. The molecule has 5 nitrogen and oxygen atoms in total. The molecule has 32 heavy (non-hydrogen) atoms. The van der Waals surface area contributed by atoms with Gasteiger partial charge in [-0.1, -0.05) is 35.5 Å². The molecule has 1 aromatic heterocycles. The Morgan fingerprint density at radius 2 is 1.78 bits per heavy atom. The van der Waals surface area contributed by atoms with Crippen LogP contribution < -0.4 is 9.47 Å². The van der Waals surface area contributed by atoms with E-state index in [4.69, 9.17) is 21.1 Å². The van der Waals surface area contributed by atoms with Crippen molar-refractivity contribution >= 4 is 29.3 Å². The number of para-hydroxylation sites is 1. The molecule has 0 bridgehead atoms. The van der Waals surface area contributed by atoms with Crippen LogP contribution >= 0.6 is 23.4 Å². The number of carbonyl (C=O) groups is 1. The van der Waals surface area contributed by atoms with Crippen molar-refractivity contribution in [3.63, 3.8) is 0 Å². The maximum atomic E-state index is 12.0. The van der Waals surface area contributed by atoms with E-state index in [9.17, 15) is 9.90 Å². The molecule has 0 unspecified atom stereocenters. The SMILES string of the molecule is COc1ccccc1Sc1c(C)c(C(=O)O)n(CCCOc2cc(C)c(Cl)c(C)c2)c1C. The first-order chi connectivity index (χ1) is 15.2. The zero-order chi connectivity index (χ0) is 23.4. The third-order valence-electron chi connectivity index (χ3n) is 5.39. The molecule has 0 aliphatic rings. The van der Waals surface area contributed by atoms with E-state index in [2.05, 4.69) is 0 Å². The third-order valence-corrected chi connectivity index (χ3v) is 7.35. The van der Waals surface area contributed by atoms with Gasteiger partial charge >= 0.3 is 5.97 Å². The van der Waals surface area contributed by atoms with E-state index in [1.165, 1.54) is 11.8 Å². The Balaban J connectivity index is 1.77. The van der Waals surface area contributed by atoms with Crippen LogP contribution in [-0.2, 0) is 6.54 Å². The lowest BCUT2D eigenvalue weighted by molar-refractivity contribution is 0.0683. The minimum Gasteiger partial charge on any atom is -0.496 e. The van der Waals surface area contributed by atoms with Crippen molar-refractivity contribution in [3.8, 4) is 11.5 Å². The van der Waals surface area contributed by atoms with Crippen LogP contribution in [0.3, 0.4) is 0 Å². The first-order valence-electron chi connectivity index (χ1n) is 10.4. The molecule has 3 rings (SSSR count). The monoisotopic (exact) mass is 473 g/mol. The van der Waals surface area contributed by atoms with E-state index in [1.807, 2.05) is 68.7 Å². The molecule has 1 N–H and O–H groups in total. The van der Waals surface area contributed by atoms with Gasteiger partial charge < -0.3 is 19.1 Å². The lowest BCUT2D eigenvalue weighted by atomic mass is 10.1. The second kappa shape index (κ2) is 10.4. The van der Waals surface area contributed by atoms with Gasteiger partial charge in [-0.2, -0.15) is 0 Å². The van der Waals surface area contributed by atoms with Crippen LogP contribution in [0.15, 0.2) is 46.2 Å². The number of methoxy groups -OCH3 is 1. The number of hydrogen-bond acceptors (Lipinski definition) is 4. The van der Waals surface area contributed by atoms with Crippen LogP contribution in [0.25, 0.3) is 0 Å². The molecule has 0 spiro atoms. The van der Waals surface area contributed by atoms with Crippen molar-refractivity contribution in [2.75, 3.05) is 13.7 Å². The van der Waals surface area contributed by atoms with Gasteiger partial charge in [-0.15, -0.1) is 0 Å². The standard InChI is InChI=1S/C25H28ClNO4S/c1-15-13-19(14-16(2)22(15)26)31-12-8-11-27-18(4)24(17(3)23(27)25(28)29)32-21-10-7-6-9-20(21)30-5/h6-7,9-10,13-14H,8,11-12H2,1-5H3,(H,28,29). The van der Waals surface area contributed by atoms with Crippen LogP contribution in [-0.4, -0.2) is 29.4 Å². The Labute approximate surface area is 198 Å². The zero-order valence-corrected chi connectivity index (χ0v) is 20.6. The number of halogens is 1. The highest BCUT2D eigenvalue weighted by Gasteiger charge is 2.23. The quantitative estimate of drug-likeness (QED) is 0.350. The number of nitrogens with zero attached hydrogens (tertiary/aromatic N) is 1. The summed E-state index contributed by atoms with van der Waals surface area (Å²) in [7, 11) is 1.64. The third kappa shape index (κ3) is 5.08. The van der Waals surface area contributed by atoms with Crippen molar-refractivity contribution < 1.29 is 19.4 Å². The van der Waals surface area contributed by atoms with Crippen molar-refractivity contribution in [1.82, 2.24) is 4.57 Å². The number of aryl methyl sites for hydroxylation is 2. The first kappa shape index (κ1) is 24.1. The molecule has 1 heterocycles. The fourth-order valence-corrected chi connectivity index (χ4v) is 5.03. The summed E-state index contributed by atoms with van der Waals surface area (Å²) >= 11 is 7.76. The fraction of sp³-hybridized carbons (Fsp3) is 0.320. The molecule has 0 atom stereocenters. The topological polar surface area (TPSA) is 60.7 Å². The Bertz CT molecular complexity index is 1120. The summed E-state index contributed by atoms with van der Waals surface area (Å²) in [6.45, 7) is 8.75. The number of benzene rings is 2. The number of rotatable bonds is 9. The van der Waals surface area contributed by atoms with Crippen LogP contribution in [0, 0.1) is 27.7 Å². The number of aromatic carboxylic acids is 1. The van der Waals surface area contributed by atoms with Gasteiger partial charge in [0.15, 0.2) is 0 Å². The maximum Gasteiger partial charge on any atom is 0.352 e. The number of carboxylic acid groups (broad SMARTS) is 1. The molecule has 3 aromatic rings. The lowest BCUT2D eigenvalue weighted by Crippen LogP contribution is -2.13. The molecule has 2 aromatic carbocycles. The van der Waals surface area contributed by atoms with E-state index >= 15 is 0 Å². The predicted octanol–water partition coefficient (Wildman–Crippen LogP) is 6.70. The molecule has 0 saturated heterocycles. The summed E-state index contributed by atoms with van der Waals surface area (Å²) in [6.07, 6.45) is 0.675. The highest BCUT2D eigenvalue weighted by molar-refractivity contribution is 7.99. The van der Waals surface area contributed by atoms with E-state index in [1.54, 1.807) is 7.11 Å². The van der Waals surface area contributed by atoms with Gasteiger partial charge in [0.25, 0.3) is 0 Å². The number of carboxylic acids is 1. The molecule has 170 valence electrons. The van der Waals surface area contributed by atoms with Crippen molar-refractivity contribution in [2.24, 2.45) is 0 Å². The van der Waals surface area contributed by atoms with Gasteiger partial charge in [-0.3, -0.25) is 0 Å². The van der Waals surface area contributed by atoms with Gasteiger partial charge in [-0.05, 0) is 75.1 Å². The summed E-state index contributed by atoms with van der Waals surface area (Å²) in [4.78, 5) is 13.9. The van der Waals surface area contributed by atoms with E-state index in [0.717, 1.165) is 48.7 Å². The van der Waals surface area contributed by atoms with Gasteiger partial charge in [0.1, 0.15) is 17.2 Å². The van der Waals surface area contributed by atoms with Crippen LogP contribution in [0.4, 0.5) is 0 Å². The molecular weight excluding hydrogens is 446 g/mol. The highest BCUT2D eigenvalue weighted by atomic mass is 35.5. The predicted molar refractivity (Wildman–Crippen MR) is 129 cm³/mol. The second-order valence-corrected chi connectivity index (χ2v) is 9.10. The van der Waals surface area contributed by atoms with Crippen LogP contribution in [0.1, 0.15) is 39.3 Å². The summed E-state index contributed by atoms with van der Waals surface area (Å²) < 4.78 is 13.2. The summed E-state index contributed by atoms with van der Waals surface area (Å²) in [5.41, 5.74) is 3.96. The summed E-state index contributed by atoms with van der Waals surface area (Å²) in [5.74, 6) is 0.612. The first-order valence-corrected chi connectivity index (χ1v) is 11.6. The molecule has 7 heteroatoms. The van der Waals surface area contributed by atoms with Crippen molar-refractivity contribution in [2.45, 2.75) is 50.5 Å². The number of aromatic nitrogens is 1. The van der Waals surface area contributed by atoms with E-state index in [-0.39, 0.29) is 0 Å². The van der Waals surface area contributed by atoms with Crippen molar-refractivity contribution in [3.05, 3.63) is 69.5 Å². The largest absolute Gasteiger partial charge is 0.496 e. The fourth-order valence-electron chi connectivity index (χ4n) is 3.79. The van der Waals surface area contributed by atoms with Gasteiger partial charge in [-0.25, -0.2) is 4.79 Å². The number of hydrogen-bond donors (Lipinski definition) is 1. The molecule has 0 aliphatic carbocycles. The molecule has 0 radical (unpaired) electrons. The molecule has 0 saturated carbocycles. The Kier molecular flexibility index (Phi) is 7.80. The molecule has 0 amide bonds. The molecular formula is C25H28ClNO4S. The van der Waals surface area contributed by atoms with Gasteiger partial charge in [0.05, 0.1) is 18.6 Å². The zero-order valence-electron chi connectivity index (χ0n) is 19.0. The van der Waals surface area contributed by atoms with E-state index in [0.29, 0.717) is 25.3 Å². The molecule has 0 aliphatic heterocycles. The van der Waals surface area contributed by atoms with Crippen LogP contribution in [0.2, 0.25) is 5.02 Å². The smallest absolute Gasteiger partial charge is 0.352 e. The Morgan fingerprint density at radius 3 is 2.41 bits per heavy atom. The number of ether oxygens (including phenoxy) is 2. The summed E-state index contributed by atoms with van der Waals surface area (Å²) in [5, 5.41) is 10.6. The Morgan fingerprint density at radius 1 is 1.12 bits per heavy atom. The van der Waals surface area contributed by atoms with Gasteiger partial charge in [0.2, 0.25) is 0 Å². The average Bonchev–Trinajstić information content (AvgIpc) is 2.99. The lowest BCUT2D eigenvalue weighted by Gasteiger charge is -2.12. The Hall–Kier alpha value is -2.57. The minimum absolute atomic E-state index is 0.318. The molecule has 0 fully saturated rings. The average molecular weight is 474 g/mol. The maximum absolute atomic E-state index is 12.0. The second-order valence-electron chi connectivity index (χ2n) is 7.67. The van der Waals surface area contributed by atoms with Crippen molar-refractivity contribution in [1.29, 1.82) is 0 Å². The summed E-state index contributed by atoms with van der Waals surface area (Å²) in [6, 6.07) is 11.6. The highest BCUT2D eigenvalue weighted by Crippen LogP contribution is 2.40. The van der Waals surface area contributed by atoms with E-state index < -0.39 is 5.97 Å². The van der Waals surface area contributed by atoms with Crippen LogP contribution in [0.5, 0.6) is 11.5 Å².